The molecule has 0 aromatic heterocycles. The van der Waals surface area contributed by atoms with Gasteiger partial charge in [0.1, 0.15) is 5.82 Å². The van der Waals surface area contributed by atoms with Gasteiger partial charge in [-0.3, -0.25) is 0 Å². The molecule has 0 radical (unpaired) electrons. The van der Waals surface area contributed by atoms with E-state index in [-0.39, 0.29) is 5.82 Å². The molecule has 1 aliphatic carbocycles. The third kappa shape index (κ3) is 4.43. The quantitative estimate of drug-likeness (QED) is 0.603. The number of benzene rings is 2. The molecule has 0 heterocycles. The van der Waals surface area contributed by atoms with E-state index in [1.54, 1.807) is 12.1 Å². The van der Waals surface area contributed by atoms with Crippen molar-refractivity contribution in [2.75, 3.05) is 0 Å². The Morgan fingerprint density at radius 3 is 2.26 bits per heavy atom. The number of hydrogen-bond donors (Lipinski definition) is 0. The molecule has 122 valence electrons. The molecule has 2 aromatic rings. The van der Waals surface area contributed by atoms with Crippen LogP contribution < -0.4 is 0 Å². The molecular formula is C22H27F. The third-order valence-electron chi connectivity index (χ3n) is 5.38. The van der Waals surface area contributed by atoms with Crippen molar-refractivity contribution in [1.29, 1.82) is 0 Å². The van der Waals surface area contributed by atoms with Gasteiger partial charge in [-0.05, 0) is 54.7 Å². The Bertz CT molecular complexity index is 590. The minimum atomic E-state index is -0.0467. The fourth-order valence-corrected chi connectivity index (χ4v) is 4.09. The summed E-state index contributed by atoms with van der Waals surface area (Å²) in [4.78, 5) is 0. The lowest BCUT2D eigenvalue weighted by Gasteiger charge is -2.30. The molecule has 0 nitrogen and oxygen atoms in total. The zero-order valence-corrected chi connectivity index (χ0v) is 13.9. The molecule has 0 spiro atoms. The van der Waals surface area contributed by atoms with Crippen LogP contribution in [0.3, 0.4) is 0 Å². The van der Waals surface area contributed by atoms with Gasteiger partial charge in [0, 0.05) is 0 Å². The molecule has 2 unspecified atom stereocenters. The van der Waals surface area contributed by atoms with Gasteiger partial charge >= 0.3 is 0 Å². The second-order valence-corrected chi connectivity index (χ2v) is 6.90. The summed E-state index contributed by atoms with van der Waals surface area (Å²) in [5, 5.41) is 0. The van der Waals surface area contributed by atoms with E-state index in [2.05, 4.69) is 30.3 Å². The predicted octanol–water partition coefficient (Wildman–Crippen LogP) is 6.51. The molecule has 0 aliphatic heterocycles. The SMILES string of the molecule is Fc1ccccc1CCC1CCCCCCC1c1ccccc1. The highest BCUT2D eigenvalue weighted by Gasteiger charge is 2.24. The van der Waals surface area contributed by atoms with Gasteiger partial charge in [0.25, 0.3) is 0 Å². The monoisotopic (exact) mass is 310 g/mol. The van der Waals surface area contributed by atoms with E-state index in [1.165, 1.54) is 44.1 Å². The molecule has 2 aromatic carbocycles. The van der Waals surface area contributed by atoms with Crippen molar-refractivity contribution in [3.63, 3.8) is 0 Å². The summed E-state index contributed by atoms with van der Waals surface area (Å²) in [6.07, 6.45) is 9.91. The lowest BCUT2D eigenvalue weighted by Crippen LogP contribution is -2.16. The first kappa shape index (κ1) is 16.2. The summed E-state index contributed by atoms with van der Waals surface area (Å²) in [5.41, 5.74) is 2.36. The first-order valence-electron chi connectivity index (χ1n) is 9.13. The molecule has 1 saturated carbocycles. The topological polar surface area (TPSA) is 0 Å². The maximum absolute atomic E-state index is 13.9. The Labute approximate surface area is 139 Å². The Balaban J connectivity index is 1.73. The second-order valence-electron chi connectivity index (χ2n) is 6.90. The van der Waals surface area contributed by atoms with E-state index in [0.717, 1.165) is 18.4 Å². The third-order valence-corrected chi connectivity index (χ3v) is 5.38. The number of halogens is 1. The van der Waals surface area contributed by atoms with Crippen LogP contribution in [0.1, 0.15) is 62.0 Å². The maximum Gasteiger partial charge on any atom is 0.126 e. The van der Waals surface area contributed by atoms with Crippen molar-refractivity contribution >= 4 is 0 Å². The standard InChI is InChI=1S/C22H27F/c23-22-15-9-8-13-20(22)17-16-19-12-4-1-2-7-14-21(19)18-10-5-3-6-11-18/h3,5-6,8-11,13,15,19,21H,1-2,4,7,12,14,16-17H2. The van der Waals surface area contributed by atoms with Crippen molar-refractivity contribution < 1.29 is 4.39 Å². The van der Waals surface area contributed by atoms with Gasteiger partial charge in [0.2, 0.25) is 0 Å². The van der Waals surface area contributed by atoms with Crippen LogP contribution in [-0.2, 0) is 6.42 Å². The minimum Gasteiger partial charge on any atom is -0.207 e. The fourth-order valence-electron chi connectivity index (χ4n) is 4.09. The summed E-state index contributed by atoms with van der Waals surface area (Å²) in [5.74, 6) is 1.27. The highest BCUT2D eigenvalue weighted by molar-refractivity contribution is 5.21. The van der Waals surface area contributed by atoms with Gasteiger partial charge in [-0.15, -0.1) is 0 Å². The summed E-state index contributed by atoms with van der Waals surface area (Å²) in [7, 11) is 0. The van der Waals surface area contributed by atoms with Crippen LogP contribution in [0.15, 0.2) is 54.6 Å². The highest BCUT2D eigenvalue weighted by atomic mass is 19.1. The van der Waals surface area contributed by atoms with Crippen molar-refractivity contribution in [3.8, 4) is 0 Å². The van der Waals surface area contributed by atoms with Crippen LogP contribution in [-0.4, -0.2) is 0 Å². The Hall–Kier alpha value is -1.63. The lowest BCUT2D eigenvalue weighted by molar-refractivity contribution is 0.312. The van der Waals surface area contributed by atoms with Gasteiger partial charge in [0.05, 0.1) is 0 Å². The van der Waals surface area contributed by atoms with Crippen LogP contribution >= 0.6 is 0 Å². The van der Waals surface area contributed by atoms with E-state index in [9.17, 15) is 4.39 Å². The van der Waals surface area contributed by atoms with Crippen LogP contribution in [0.4, 0.5) is 4.39 Å². The number of rotatable bonds is 4. The van der Waals surface area contributed by atoms with E-state index in [1.807, 2.05) is 12.1 Å². The average molecular weight is 310 g/mol. The highest BCUT2D eigenvalue weighted by Crippen LogP contribution is 2.38. The van der Waals surface area contributed by atoms with Crippen molar-refractivity contribution in [2.24, 2.45) is 5.92 Å². The molecular weight excluding hydrogens is 283 g/mol. The number of aryl methyl sites for hydroxylation is 1. The van der Waals surface area contributed by atoms with Gasteiger partial charge in [-0.1, -0.05) is 74.2 Å². The molecule has 0 saturated heterocycles. The normalized spacial score (nSPS) is 22.3. The Kier molecular flexibility index (Phi) is 5.85. The summed E-state index contributed by atoms with van der Waals surface area (Å²) in [6.45, 7) is 0. The molecule has 0 N–H and O–H groups in total. The maximum atomic E-state index is 13.9. The molecule has 1 fully saturated rings. The van der Waals surface area contributed by atoms with Crippen LogP contribution in [0.2, 0.25) is 0 Å². The largest absolute Gasteiger partial charge is 0.207 e. The average Bonchev–Trinajstić information content (AvgIpc) is 2.56. The van der Waals surface area contributed by atoms with Crippen molar-refractivity contribution in [1.82, 2.24) is 0 Å². The second kappa shape index (κ2) is 8.29. The van der Waals surface area contributed by atoms with Gasteiger partial charge in [0.15, 0.2) is 0 Å². The summed E-state index contributed by atoms with van der Waals surface area (Å²) < 4.78 is 13.9. The molecule has 0 amide bonds. The first-order valence-corrected chi connectivity index (χ1v) is 9.13. The molecule has 2 atom stereocenters. The van der Waals surface area contributed by atoms with Gasteiger partial charge in [-0.25, -0.2) is 4.39 Å². The van der Waals surface area contributed by atoms with Crippen LogP contribution in [0.5, 0.6) is 0 Å². The Morgan fingerprint density at radius 1 is 0.783 bits per heavy atom. The van der Waals surface area contributed by atoms with E-state index in [0.29, 0.717) is 11.8 Å². The smallest absolute Gasteiger partial charge is 0.126 e. The van der Waals surface area contributed by atoms with Gasteiger partial charge in [-0.2, -0.15) is 0 Å². The molecule has 1 heteroatoms. The zero-order valence-electron chi connectivity index (χ0n) is 13.9. The summed E-state index contributed by atoms with van der Waals surface area (Å²) in [6, 6.07) is 18.2. The number of hydrogen-bond acceptors (Lipinski definition) is 0. The van der Waals surface area contributed by atoms with E-state index >= 15 is 0 Å². The molecule has 23 heavy (non-hydrogen) atoms. The summed E-state index contributed by atoms with van der Waals surface area (Å²) >= 11 is 0. The van der Waals surface area contributed by atoms with Crippen LogP contribution in [0, 0.1) is 11.7 Å². The first-order chi connectivity index (χ1) is 11.3. The predicted molar refractivity (Wildman–Crippen MR) is 95.1 cm³/mol. The Morgan fingerprint density at radius 2 is 1.48 bits per heavy atom. The fraction of sp³-hybridized carbons (Fsp3) is 0.455. The van der Waals surface area contributed by atoms with E-state index in [4.69, 9.17) is 0 Å². The molecule has 0 bridgehead atoms. The molecule has 3 rings (SSSR count). The molecule has 1 aliphatic rings. The van der Waals surface area contributed by atoms with Gasteiger partial charge < -0.3 is 0 Å². The lowest BCUT2D eigenvalue weighted by atomic mass is 9.75. The van der Waals surface area contributed by atoms with Crippen molar-refractivity contribution in [3.05, 3.63) is 71.5 Å². The van der Waals surface area contributed by atoms with Crippen LogP contribution in [0.25, 0.3) is 0 Å². The van der Waals surface area contributed by atoms with E-state index < -0.39 is 0 Å². The minimum absolute atomic E-state index is 0.0467. The van der Waals surface area contributed by atoms with Crippen molar-refractivity contribution in [2.45, 2.75) is 57.3 Å². The zero-order chi connectivity index (χ0) is 15.9.